The highest BCUT2D eigenvalue weighted by Gasteiger charge is 2.10. The summed E-state index contributed by atoms with van der Waals surface area (Å²) in [5, 5.41) is 19.6. The molecule has 0 amide bonds. The van der Waals surface area contributed by atoms with Crippen molar-refractivity contribution in [2.75, 3.05) is 0 Å². The molecule has 0 aliphatic carbocycles. The number of phenols is 2. The van der Waals surface area contributed by atoms with Crippen LogP contribution in [0.15, 0.2) is 38.2 Å². The Kier molecular flexibility index (Phi) is 5.29. The third kappa shape index (κ3) is 3.70. The van der Waals surface area contributed by atoms with Crippen LogP contribution in [-0.2, 0) is 0 Å². The third-order valence-electron chi connectivity index (χ3n) is 3.36. The number of phenolic OH excluding ortho intramolecular Hbond substituents is 2. The van der Waals surface area contributed by atoms with Crippen molar-refractivity contribution in [1.82, 2.24) is 0 Å². The Bertz CT molecular complexity index is 717. The molecule has 116 valence electrons. The SMILES string of the molecule is Cc1cc(N=Cc2cc(Br)c(O)c(Br)c2)c(C(C)C)cc1O. The van der Waals surface area contributed by atoms with Gasteiger partial charge in [0.15, 0.2) is 0 Å². The summed E-state index contributed by atoms with van der Waals surface area (Å²) in [5.41, 5.74) is 3.49. The fraction of sp³-hybridized carbons (Fsp3) is 0.235. The topological polar surface area (TPSA) is 52.8 Å². The Morgan fingerprint density at radius 3 is 2.18 bits per heavy atom. The number of aryl methyl sites for hydroxylation is 1. The van der Waals surface area contributed by atoms with Crippen LogP contribution in [0.4, 0.5) is 5.69 Å². The highest BCUT2D eigenvalue weighted by molar-refractivity contribution is 9.11. The standard InChI is InChI=1S/C17H17Br2NO2/c1-9(2)12-7-16(21)10(3)4-15(12)20-8-11-5-13(18)17(22)14(19)6-11/h4-9,21-22H,1-3H3. The van der Waals surface area contributed by atoms with Gasteiger partial charge in [-0.1, -0.05) is 13.8 Å². The van der Waals surface area contributed by atoms with Gasteiger partial charge in [-0.2, -0.15) is 0 Å². The largest absolute Gasteiger partial charge is 0.508 e. The molecule has 0 saturated heterocycles. The number of halogens is 2. The van der Waals surface area contributed by atoms with Gasteiger partial charge in [-0.25, -0.2) is 0 Å². The molecule has 0 unspecified atom stereocenters. The highest BCUT2D eigenvalue weighted by Crippen LogP contribution is 2.34. The molecule has 2 aromatic rings. The predicted octanol–water partition coefficient (Wildman–Crippen LogP) is 5.81. The number of aliphatic imine (C=N–C) groups is 1. The molecule has 0 radical (unpaired) electrons. The Hall–Kier alpha value is -1.33. The Labute approximate surface area is 147 Å². The first-order chi connectivity index (χ1) is 10.3. The van der Waals surface area contributed by atoms with Crippen LogP contribution in [0.3, 0.4) is 0 Å². The van der Waals surface area contributed by atoms with Gasteiger partial charge in [0.1, 0.15) is 11.5 Å². The van der Waals surface area contributed by atoms with E-state index < -0.39 is 0 Å². The lowest BCUT2D eigenvalue weighted by atomic mass is 9.99. The lowest BCUT2D eigenvalue weighted by Crippen LogP contribution is -1.91. The summed E-state index contributed by atoms with van der Waals surface area (Å²) in [6.07, 6.45) is 1.74. The first-order valence-corrected chi connectivity index (χ1v) is 8.43. The minimum absolute atomic E-state index is 0.167. The number of rotatable bonds is 3. The zero-order valence-corrected chi connectivity index (χ0v) is 15.7. The van der Waals surface area contributed by atoms with E-state index in [2.05, 4.69) is 50.7 Å². The zero-order chi connectivity index (χ0) is 16.4. The maximum atomic E-state index is 9.87. The van der Waals surface area contributed by atoms with Crippen LogP contribution in [0.5, 0.6) is 11.5 Å². The molecular weight excluding hydrogens is 410 g/mol. The lowest BCUT2D eigenvalue weighted by molar-refractivity contribution is 0.468. The summed E-state index contributed by atoms with van der Waals surface area (Å²) in [6.45, 7) is 5.99. The monoisotopic (exact) mass is 425 g/mol. The van der Waals surface area contributed by atoms with Gasteiger partial charge >= 0.3 is 0 Å². The number of hydrogen-bond acceptors (Lipinski definition) is 3. The molecule has 0 aromatic heterocycles. The number of benzene rings is 2. The molecule has 0 heterocycles. The molecule has 0 saturated carbocycles. The summed E-state index contributed by atoms with van der Waals surface area (Å²) in [6, 6.07) is 7.25. The van der Waals surface area contributed by atoms with E-state index in [-0.39, 0.29) is 17.4 Å². The molecule has 5 heteroatoms. The molecule has 2 aromatic carbocycles. The summed E-state index contributed by atoms with van der Waals surface area (Å²) in [5.74, 6) is 0.718. The average molecular weight is 427 g/mol. The molecule has 0 atom stereocenters. The molecule has 3 nitrogen and oxygen atoms in total. The normalized spacial score (nSPS) is 11.5. The maximum absolute atomic E-state index is 9.87. The van der Waals surface area contributed by atoms with Gasteiger partial charge in [0, 0.05) is 6.21 Å². The smallest absolute Gasteiger partial charge is 0.143 e. The fourth-order valence-corrected chi connectivity index (χ4v) is 3.30. The molecule has 0 fully saturated rings. The van der Waals surface area contributed by atoms with E-state index in [1.807, 2.05) is 13.0 Å². The summed E-state index contributed by atoms with van der Waals surface area (Å²) >= 11 is 6.61. The van der Waals surface area contributed by atoms with Gasteiger partial charge in [-0.15, -0.1) is 0 Å². The van der Waals surface area contributed by atoms with E-state index in [4.69, 9.17) is 0 Å². The van der Waals surface area contributed by atoms with Crippen LogP contribution in [0.2, 0.25) is 0 Å². The second-order valence-corrected chi connectivity index (χ2v) is 7.15. The minimum Gasteiger partial charge on any atom is -0.508 e. The van der Waals surface area contributed by atoms with Gasteiger partial charge in [0.25, 0.3) is 0 Å². The number of nitrogens with zero attached hydrogens (tertiary/aromatic N) is 1. The molecule has 22 heavy (non-hydrogen) atoms. The lowest BCUT2D eigenvalue weighted by Gasteiger charge is -2.11. The Balaban J connectivity index is 2.44. The zero-order valence-electron chi connectivity index (χ0n) is 12.6. The van der Waals surface area contributed by atoms with E-state index in [9.17, 15) is 10.2 Å². The van der Waals surface area contributed by atoms with Crippen molar-refractivity contribution < 1.29 is 10.2 Å². The van der Waals surface area contributed by atoms with Crippen molar-refractivity contribution in [3.63, 3.8) is 0 Å². The van der Waals surface area contributed by atoms with Crippen LogP contribution in [0, 0.1) is 6.92 Å². The summed E-state index contributed by atoms with van der Waals surface area (Å²) < 4.78 is 1.21. The molecule has 0 aliphatic heterocycles. The highest BCUT2D eigenvalue weighted by atomic mass is 79.9. The van der Waals surface area contributed by atoms with Crippen molar-refractivity contribution in [3.8, 4) is 11.5 Å². The van der Waals surface area contributed by atoms with E-state index in [1.165, 1.54) is 0 Å². The van der Waals surface area contributed by atoms with E-state index >= 15 is 0 Å². The van der Waals surface area contributed by atoms with Gasteiger partial charge in [-0.3, -0.25) is 4.99 Å². The van der Waals surface area contributed by atoms with Crippen LogP contribution in [0.25, 0.3) is 0 Å². The number of hydrogen-bond donors (Lipinski definition) is 2. The van der Waals surface area contributed by atoms with E-state index in [1.54, 1.807) is 24.4 Å². The molecule has 0 aliphatic rings. The minimum atomic E-state index is 0.167. The van der Waals surface area contributed by atoms with Crippen LogP contribution in [0.1, 0.15) is 36.5 Å². The molecule has 0 spiro atoms. The predicted molar refractivity (Wildman–Crippen MR) is 97.7 cm³/mol. The molecular formula is C17H17Br2NO2. The third-order valence-corrected chi connectivity index (χ3v) is 4.57. The second kappa shape index (κ2) is 6.84. The van der Waals surface area contributed by atoms with Gasteiger partial charge in [0.05, 0.1) is 14.6 Å². The Morgan fingerprint density at radius 2 is 1.64 bits per heavy atom. The molecule has 2 rings (SSSR count). The van der Waals surface area contributed by atoms with Crippen molar-refractivity contribution in [3.05, 3.63) is 49.9 Å². The van der Waals surface area contributed by atoms with Crippen LogP contribution < -0.4 is 0 Å². The first-order valence-electron chi connectivity index (χ1n) is 6.85. The van der Waals surface area contributed by atoms with Crippen LogP contribution >= 0.6 is 31.9 Å². The number of aromatic hydroxyl groups is 2. The summed E-state index contributed by atoms with van der Waals surface area (Å²) in [4.78, 5) is 4.55. The molecule has 2 N–H and O–H groups in total. The van der Waals surface area contributed by atoms with E-state index in [0.29, 0.717) is 8.95 Å². The second-order valence-electron chi connectivity index (χ2n) is 5.44. The van der Waals surface area contributed by atoms with E-state index in [0.717, 1.165) is 22.4 Å². The van der Waals surface area contributed by atoms with Gasteiger partial charge in [-0.05, 0) is 85.7 Å². The van der Waals surface area contributed by atoms with Gasteiger partial charge in [0.2, 0.25) is 0 Å². The van der Waals surface area contributed by atoms with Crippen molar-refractivity contribution in [2.24, 2.45) is 4.99 Å². The fourth-order valence-electron chi connectivity index (χ4n) is 2.08. The van der Waals surface area contributed by atoms with Crippen molar-refractivity contribution in [2.45, 2.75) is 26.7 Å². The average Bonchev–Trinajstić information content (AvgIpc) is 2.45. The summed E-state index contributed by atoms with van der Waals surface area (Å²) in [7, 11) is 0. The van der Waals surface area contributed by atoms with Crippen molar-refractivity contribution >= 4 is 43.8 Å². The Morgan fingerprint density at radius 1 is 1.05 bits per heavy atom. The quantitative estimate of drug-likeness (QED) is 0.608. The first kappa shape index (κ1) is 17.0. The van der Waals surface area contributed by atoms with Crippen molar-refractivity contribution in [1.29, 1.82) is 0 Å². The maximum Gasteiger partial charge on any atom is 0.143 e. The molecule has 0 bridgehead atoms. The van der Waals surface area contributed by atoms with Gasteiger partial charge < -0.3 is 10.2 Å². The van der Waals surface area contributed by atoms with Crippen LogP contribution in [-0.4, -0.2) is 16.4 Å².